The maximum Gasteiger partial charge on any atom is 0.417 e. The predicted molar refractivity (Wildman–Crippen MR) is 92.1 cm³/mol. The van der Waals surface area contributed by atoms with Gasteiger partial charge in [-0.15, -0.1) is 0 Å². The Kier molecular flexibility index (Phi) is 6.12. The first-order chi connectivity index (χ1) is 12.1. The van der Waals surface area contributed by atoms with Crippen molar-refractivity contribution < 1.29 is 18.0 Å². The fourth-order valence-corrected chi connectivity index (χ4v) is 2.64. The quantitative estimate of drug-likeness (QED) is 0.745. The van der Waals surface area contributed by atoms with Crippen LogP contribution in [0.2, 0.25) is 5.02 Å². The number of aromatic nitrogens is 3. The number of hydrogen-bond donors (Lipinski definition) is 2. The summed E-state index contributed by atoms with van der Waals surface area (Å²) in [5.41, 5.74) is 1.70. The Bertz CT molecular complexity index is 804. The minimum Gasteiger partial charge on any atom is -0.367 e. The monoisotopic (exact) mass is 389 g/mol. The first-order valence-electron chi connectivity index (χ1n) is 7.82. The molecule has 2 aromatic heterocycles. The number of carbonyl (C=O) groups is 1. The van der Waals surface area contributed by atoms with Crippen molar-refractivity contribution in [3.8, 4) is 0 Å². The second-order valence-electron chi connectivity index (χ2n) is 5.78. The third-order valence-electron chi connectivity index (χ3n) is 3.90. The highest BCUT2D eigenvalue weighted by molar-refractivity contribution is 6.32. The number of rotatable bonds is 6. The maximum absolute atomic E-state index is 12.6. The third-order valence-corrected chi connectivity index (χ3v) is 4.19. The van der Waals surface area contributed by atoms with Crippen molar-refractivity contribution in [1.29, 1.82) is 0 Å². The number of halogens is 4. The van der Waals surface area contributed by atoms with Crippen LogP contribution < -0.4 is 10.6 Å². The van der Waals surface area contributed by atoms with Gasteiger partial charge in [-0.3, -0.25) is 9.48 Å². The van der Waals surface area contributed by atoms with Gasteiger partial charge in [-0.1, -0.05) is 11.6 Å². The minimum absolute atomic E-state index is 0.132. The lowest BCUT2D eigenvalue weighted by Crippen LogP contribution is -2.30. The van der Waals surface area contributed by atoms with Crippen LogP contribution in [0, 0.1) is 13.8 Å². The molecule has 2 rings (SSSR count). The minimum atomic E-state index is -4.49. The van der Waals surface area contributed by atoms with E-state index in [1.807, 2.05) is 20.9 Å². The molecule has 0 atom stereocenters. The fraction of sp³-hybridized carbons (Fsp3) is 0.438. The zero-order chi connectivity index (χ0) is 19.5. The molecule has 0 saturated heterocycles. The van der Waals surface area contributed by atoms with Gasteiger partial charge in [0.15, 0.2) is 0 Å². The van der Waals surface area contributed by atoms with Crippen LogP contribution in [0.4, 0.5) is 19.0 Å². The SMILES string of the molecule is Cc1nn(C)c(C)c1CC(=O)NCCNc1ncc(C(F)(F)F)cc1Cl. The molecule has 142 valence electrons. The zero-order valence-electron chi connectivity index (χ0n) is 14.5. The molecule has 26 heavy (non-hydrogen) atoms. The highest BCUT2D eigenvalue weighted by atomic mass is 35.5. The molecule has 0 spiro atoms. The Morgan fingerprint density at radius 1 is 1.31 bits per heavy atom. The summed E-state index contributed by atoms with van der Waals surface area (Å²) in [6.07, 6.45) is -3.57. The van der Waals surface area contributed by atoms with Crippen molar-refractivity contribution in [2.75, 3.05) is 18.4 Å². The van der Waals surface area contributed by atoms with E-state index in [1.54, 1.807) is 4.68 Å². The van der Waals surface area contributed by atoms with Gasteiger partial charge in [0.25, 0.3) is 0 Å². The van der Waals surface area contributed by atoms with Gasteiger partial charge in [0.05, 0.1) is 22.7 Å². The van der Waals surface area contributed by atoms with Crippen LogP contribution in [0.25, 0.3) is 0 Å². The van der Waals surface area contributed by atoms with Crippen LogP contribution in [0.15, 0.2) is 12.3 Å². The van der Waals surface area contributed by atoms with Gasteiger partial charge in [-0.05, 0) is 19.9 Å². The molecule has 0 aliphatic rings. The molecule has 0 aliphatic carbocycles. The van der Waals surface area contributed by atoms with Crippen LogP contribution in [0.3, 0.4) is 0 Å². The van der Waals surface area contributed by atoms with Crippen molar-refractivity contribution in [3.05, 3.63) is 39.8 Å². The van der Waals surface area contributed by atoms with E-state index >= 15 is 0 Å². The lowest BCUT2D eigenvalue weighted by atomic mass is 10.1. The standard InChI is InChI=1S/C16H19ClF3N5O/c1-9-12(10(2)25(3)24-9)7-14(26)21-4-5-22-15-13(17)6-11(8-23-15)16(18,19)20/h6,8H,4-5,7H2,1-3H3,(H,21,26)(H,22,23). The second-order valence-corrected chi connectivity index (χ2v) is 6.19. The zero-order valence-corrected chi connectivity index (χ0v) is 15.3. The number of alkyl halides is 3. The fourth-order valence-electron chi connectivity index (χ4n) is 2.40. The number of carbonyl (C=O) groups excluding carboxylic acids is 1. The van der Waals surface area contributed by atoms with E-state index in [-0.39, 0.29) is 36.3 Å². The molecule has 0 fully saturated rings. The summed E-state index contributed by atoms with van der Waals surface area (Å²) >= 11 is 5.80. The van der Waals surface area contributed by atoms with Gasteiger partial charge in [-0.25, -0.2) is 4.98 Å². The first kappa shape index (κ1) is 20.0. The summed E-state index contributed by atoms with van der Waals surface area (Å²) in [6.45, 7) is 4.28. The molecule has 1 amide bonds. The van der Waals surface area contributed by atoms with Crippen LogP contribution >= 0.6 is 11.6 Å². The Labute approximate surface area is 153 Å². The van der Waals surface area contributed by atoms with Crippen LogP contribution in [-0.2, 0) is 24.4 Å². The molecule has 2 heterocycles. The summed E-state index contributed by atoms with van der Waals surface area (Å²) in [5.74, 6) is -0.0367. The molecule has 10 heteroatoms. The molecule has 0 unspecified atom stereocenters. The molecule has 0 radical (unpaired) electrons. The Balaban J connectivity index is 1.82. The third kappa shape index (κ3) is 4.87. The van der Waals surface area contributed by atoms with Crippen LogP contribution in [0.5, 0.6) is 0 Å². The van der Waals surface area contributed by atoms with Gasteiger partial charge in [0.1, 0.15) is 5.82 Å². The van der Waals surface area contributed by atoms with Gasteiger partial charge in [-0.2, -0.15) is 18.3 Å². The number of nitrogens with zero attached hydrogens (tertiary/aromatic N) is 3. The van der Waals surface area contributed by atoms with Crippen molar-refractivity contribution >= 4 is 23.3 Å². The van der Waals surface area contributed by atoms with E-state index in [9.17, 15) is 18.0 Å². The van der Waals surface area contributed by atoms with E-state index in [2.05, 4.69) is 20.7 Å². The average Bonchev–Trinajstić information content (AvgIpc) is 2.78. The van der Waals surface area contributed by atoms with Crippen LogP contribution in [0.1, 0.15) is 22.5 Å². The van der Waals surface area contributed by atoms with Gasteiger partial charge in [0.2, 0.25) is 5.91 Å². The molecule has 0 aromatic carbocycles. The normalized spacial score (nSPS) is 11.5. The van der Waals surface area contributed by atoms with Crippen molar-refractivity contribution in [1.82, 2.24) is 20.1 Å². The predicted octanol–water partition coefficient (Wildman–Crippen LogP) is 2.87. The summed E-state index contributed by atoms with van der Waals surface area (Å²) in [7, 11) is 1.81. The summed E-state index contributed by atoms with van der Waals surface area (Å²) < 4.78 is 39.4. The molecular weight excluding hydrogens is 371 g/mol. The smallest absolute Gasteiger partial charge is 0.367 e. The molecular formula is C16H19ClF3N5O. The van der Waals surface area contributed by atoms with E-state index in [0.29, 0.717) is 6.20 Å². The number of pyridine rings is 1. The van der Waals surface area contributed by atoms with Gasteiger partial charge in [0, 0.05) is 37.6 Å². The topological polar surface area (TPSA) is 71.8 Å². The highest BCUT2D eigenvalue weighted by Crippen LogP contribution is 2.32. The summed E-state index contributed by atoms with van der Waals surface area (Å²) in [4.78, 5) is 15.7. The Morgan fingerprint density at radius 2 is 2.00 bits per heavy atom. The number of amides is 1. The number of aryl methyl sites for hydroxylation is 2. The van der Waals surface area contributed by atoms with E-state index in [4.69, 9.17) is 11.6 Å². The highest BCUT2D eigenvalue weighted by Gasteiger charge is 2.31. The van der Waals surface area contributed by atoms with Gasteiger partial charge < -0.3 is 10.6 Å². The largest absolute Gasteiger partial charge is 0.417 e. The van der Waals surface area contributed by atoms with Gasteiger partial charge >= 0.3 is 6.18 Å². The molecule has 0 aliphatic heterocycles. The molecule has 0 bridgehead atoms. The Morgan fingerprint density at radius 3 is 2.54 bits per heavy atom. The molecule has 0 saturated carbocycles. The van der Waals surface area contributed by atoms with E-state index < -0.39 is 11.7 Å². The first-order valence-corrected chi connectivity index (χ1v) is 8.19. The van der Waals surface area contributed by atoms with Crippen molar-refractivity contribution in [2.45, 2.75) is 26.4 Å². The maximum atomic E-state index is 12.6. The number of hydrogen-bond acceptors (Lipinski definition) is 4. The molecule has 2 N–H and O–H groups in total. The Hall–Kier alpha value is -2.29. The van der Waals surface area contributed by atoms with Crippen molar-refractivity contribution in [3.63, 3.8) is 0 Å². The lowest BCUT2D eigenvalue weighted by molar-refractivity contribution is -0.137. The van der Waals surface area contributed by atoms with Crippen molar-refractivity contribution in [2.24, 2.45) is 7.05 Å². The van der Waals surface area contributed by atoms with Crippen LogP contribution in [-0.4, -0.2) is 33.8 Å². The number of nitrogens with one attached hydrogen (secondary N) is 2. The second kappa shape index (κ2) is 7.94. The number of anilines is 1. The summed E-state index contributed by atoms with van der Waals surface area (Å²) in [6, 6.07) is 0.809. The van der Waals surface area contributed by atoms with E-state index in [1.165, 1.54) is 0 Å². The lowest BCUT2D eigenvalue weighted by Gasteiger charge is -2.11. The average molecular weight is 390 g/mol. The molecule has 2 aromatic rings. The summed E-state index contributed by atoms with van der Waals surface area (Å²) in [5, 5.41) is 9.65. The van der Waals surface area contributed by atoms with E-state index in [0.717, 1.165) is 23.0 Å². The molecule has 6 nitrogen and oxygen atoms in total.